The Morgan fingerprint density at radius 3 is 2.60 bits per heavy atom. The van der Waals surface area contributed by atoms with Crippen LogP contribution in [0.5, 0.6) is 0 Å². The number of carbonyl (C=O) groups is 1. The molecule has 7 nitrogen and oxygen atoms in total. The molecule has 2 aromatic rings. The van der Waals surface area contributed by atoms with Crippen molar-refractivity contribution in [3.63, 3.8) is 0 Å². The van der Waals surface area contributed by atoms with Gasteiger partial charge in [0.05, 0.1) is 23.3 Å². The number of hydrogen-bond donors (Lipinski definition) is 1. The molecule has 1 heterocycles. The molecule has 0 unspecified atom stereocenters. The second-order valence-electron chi connectivity index (χ2n) is 5.53. The van der Waals surface area contributed by atoms with Gasteiger partial charge in [-0.15, -0.1) is 0 Å². The van der Waals surface area contributed by atoms with E-state index in [2.05, 4.69) is 9.46 Å². The van der Waals surface area contributed by atoms with Crippen molar-refractivity contribution in [1.82, 2.24) is 0 Å². The first-order valence-electron chi connectivity index (χ1n) is 7.26. The summed E-state index contributed by atoms with van der Waals surface area (Å²) in [4.78, 5) is 11.6. The number of esters is 1. The third kappa shape index (κ3) is 3.24. The van der Waals surface area contributed by atoms with Crippen LogP contribution >= 0.6 is 0 Å². The number of hydrogen-bond acceptors (Lipinski definition) is 6. The number of anilines is 1. The van der Waals surface area contributed by atoms with Crippen LogP contribution in [0.3, 0.4) is 0 Å². The molecule has 25 heavy (non-hydrogen) atoms. The lowest BCUT2D eigenvalue weighted by atomic mass is 10.2. The lowest BCUT2D eigenvalue weighted by molar-refractivity contribution is 0.0600. The van der Waals surface area contributed by atoms with Crippen molar-refractivity contribution in [2.45, 2.75) is 10.1 Å². The summed E-state index contributed by atoms with van der Waals surface area (Å²) >= 11 is 0. The summed E-state index contributed by atoms with van der Waals surface area (Å²) in [5, 5.41) is -1.21. The molecule has 1 aliphatic heterocycles. The number of rotatable bonds is 4. The first-order valence-corrected chi connectivity index (χ1v) is 10.5. The van der Waals surface area contributed by atoms with Gasteiger partial charge in [0.1, 0.15) is 5.25 Å². The van der Waals surface area contributed by atoms with E-state index in [9.17, 15) is 21.6 Å². The molecule has 132 valence electrons. The van der Waals surface area contributed by atoms with E-state index in [0.29, 0.717) is 0 Å². The number of fused-ring (bicyclic) bond motifs is 1. The van der Waals surface area contributed by atoms with Crippen LogP contribution in [0, 0.1) is 0 Å². The van der Waals surface area contributed by atoms with Gasteiger partial charge < -0.3 is 4.74 Å². The highest BCUT2D eigenvalue weighted by Gasteiger charge is 2.42. The van der Waals surface area contributed by atoms with Gasteiger partial charge in [0.15, 0.2) is 9.84 Å². The van der Waals surface area contributed by atoms with Crippen LogP contribution in [-0.2, 0) is 24.6 Å². The van der Waals surface area contributed by atoms with Crippen molar-refractivity contribution in [2.75, 3.05) is 17.6 Å². The summed E-state index contributed by atoms with van der Waals surface area (Å²) in [6, 6.07) is 11.8. The molecule has 0 bridgehead atoms. The van der Waals surface area contributed by atoms with Gasteiger partial charge in [-0.25, -0.2) is 21.6 Å². The molecule has 0 aromatic heterocycles. The predicted octanol–water partition coefficient (Wildman–Crippen LogP) is 1.74. The van der Waals surface area contributed by atoms with Crippen LogP contribution in [0.4, 0.5) is 5.69 Å². The maximum atomic E-state index is 12.7. The van der Waals surface area contributed by atoms with Gasteiger partial charge in [-0.3, -0.25) is 4.72 Å². The van der Waals surface area contributed by atoms with Crippen molar-refractivity contribution in [3.05, 3.63) is 59.7 Å². The van der Waals surface area contributed by atoms with Crippen molar-refractivity contribution in [1.29, 1.82) is 0 Å². The molecule has 0 radical (unpaired) electrons. The molecule has 2 aromatic carbocycles. The zero-order valence-electron chi connectivity index (χ0n) is 13.2. The number of methoxy groups -OCH3 is 1. The van der Waals surface area contributed by atoms with Gasteiger partial charge in [0, 0.05) is 5.69 Å². The summed E-state index contributed by atoms with van der Waals surface area (Å²) in [6.45, 7) is 0. The highest BCUT2D eigenvalue weighted by atomic mass is 32.2. The van der Waals surface area contributed by atoms with Crippen molar-refractivity contribution < 1.29 is 26.4 Å². The fourth-order valence-corrected chi connectivity index (χ4v) is 6.81. The molecular weight excluding hydrogens is 366 g/mol. The third-order valence-corrected chi connectivity index (χ3v) is 7.61. The van der Waals surface area contributed by atoms with E-state index in [4.69, 9.17) is 0 Å². The standard InChI is InChI=1S/C16H15NO6S2/c1-23-16(18)11-5-4-6-12(9-11)17-25(21,22)15-10-24(19,20)14-8-3-2-7-13(14)15/h2-9,15,17H,10H2,1H3/t15-/m1/s1. The second-order valence-corrected chi connectivity index (χ2v) is 9.39. The van der Waals surface area contributed by atoms with E-state index < -0.39 is 36.8 Å². The van der Waals surface area contributed by atoms with Crippen LogP contribution in [0.2, 0.25) is 0 Å². The van der Waals surface area contributed by atoms with Crippen molar-refractivity contribution in [2.24, 2.45) is 0 Å². The minimum Gasteiger partial charge on any atom is -0.465 e. The van der Waals surface area contributed by atoms with Crippen LogP contribution in [0.15, 0.2) is 53.4 Å². The lowest BCUT2D eigenvalue weighted by Crippen LogP contribution is -2.23. The van der Waals surface area contributed by atoms with Crippen LogP contribution in [0.25, 0.3) is 0 Å². The minimum absolute atomic E-state index is 0.0358. The van der Waals surface area contributed by atoms with E-state index in [1.807, 2.05) is 0 Å². The molecule has 9 heteroatoms. The third-order valence-electron chi connectivity index (χ3n) is 3.89. The Balaban J connectivity index is 1.95. The Kier molecular flexibility index (Phi) is 4.29. The Hall–Kier alpha value is -2.39. The summed E-state index contributed by atoms with van der Waals surface area (Å²) in [5.74, 6) is -1.12. The summed E-state index contributed by atoms with van der Waals surface area (Å²) in [6.07, 6.45) is 0. The minimum atomic E-state index is -4.03. The average molecular weight is 381 g/mol. The van der Waals surface area contributed by atoms with Gasteiger partial charge in [-0.1, -0.05) is 24.3 Å². The largest absolute Gasteiger partial charge is 0.465 e. The summed E-state index contributed by atoms with van der Waals surface area (Å²) in [5.41, 5.74) is 0.589. The maximum Gasteiger partial charge on any atom is 0.337 e. The van der Waals surface area contributed by atoms with E-state index in [-0.39, 0.29) is 21.7 Å². The number of sulfone groups is 1. The monoisotopic (exact) mass is 381 g/mol. The van der Waals surface area contributed by atoms with Crippen molar-refractivity contribution in [3.8, 4) is 0 Å². The van der Waals surface area contributed by atoms with E-state index in [0.717, 1.165) is 0 Å². The highest BCUT2D eigenvalue weighted by Crippen LogP contribution is 2.38. The summed E-state index contributed by atoms with van der Waals surface area (Å²) in [7, 11) is -6.46. The SMILES string of the molecule is COC(=O)c1cccc(NS(=O)(=O)[C@@H]2CS(=O)(=O)c3ccccc32)c1. The maximum absolute atomic E-state index is 12.7. The molecule has 3 rings (SSSR count). The average Bonchev–Trinajstić information content (AvgIpc) is 2.87. The Labute approximate surface area is 145 Å². The summed E-state index contributed by atoms with van der Waals surface area (Å²) < 4.78 is 56.8. The molecular formula is C16H15NO6S2. The number of nitrogens with one attached hydrogen (secondary N) is 1. The number of benzene rings is 2. The fourth-order valence-electron chi connectivity index (χ4n) is 2.73. The lowest BCUT2D eigenvalue weighted by Gasteiger charge is -2.14. The molecule has 0 aliphatic carbocycles. The quantitative estimate of drug-likeness (QED) is 0.809. The topological polar surface area (TPSA) is 107 Å². The van der Waals surface area contributed by atoms with Crippen molar-refractivity contribution >= 4 is 31.5 Å². The zero-order valence-corrected chi connectivity index (χ0v) is 14.8. The molecule has 1 atom stereocenters. The van der Waals surface area contributed by atoms with Gasteiger partial charge in [0.2, 0.25) is 10.0 Å². The number of sulfonamides is 1. The van der Waals surface area contributed by atoms with Crippen LogP contribution in [0.1, 0.15) is 21.2 Å². The van der Waals surface area contributed by atoms with E-state index in [1.54, 1.807) is 12.1 Å². The Bertz CT molecular complexity index is 1040. The Morgan fingerprint density at radius 2 is 1.88 bits per heavy atom. The fraction of sp³-hybridized carbons (Fsp3) is 0.188. The molecule has 0 saturated heterocycles. The second kappa shape index (κ2) is 6.16. The van der Waals surface area contributed by atoms with Gasteiger partial charge >= 0.3 is 5.97 Å². The predicted molar refractivity (Wildman–Crippen MR) is 91.6 cm³/mol. The normalized spacial score (nSPS) is 18.4. The number of ether oxygens (including phenoxy) is 1. The molecule has 1 N–H and O–H groups in total. The smallest absolute Gasteiger partial charge is 0.337 e. The number of carbonyl (C=O) groups excluding carboxylic acids is 1. The van der Waals surface area contributed by atoms with E-state index in [1.165, 1.54) is 43.5 Å². The van der Waals surface area contributed by atoms with Gasteiger partial charge in [-0.2, -0.15) is 0 Å². The first kappa shape index (κ1) is 17.4. The molecule has 1 aliphatic rings. The molecule has 0 spiro atoms. The molecule has 0 fully saturated rings. The van der Waals surface area contributed by atoms with Gasteiger partial charge in [-0.05, 0) is 29.8 Å². The first-order chi connectivity index (χ1) is 11.7. The zero-order chi connectivity index (χ0) is 18.2. The molecule has 0 amide bonds. The Morgan fingerprint density at radius 1 is 1.16 bits per heavy atom. The molecule has 0 saturated carbocycles. The van der Waals surface area contributed by atoms with Gasteiger partial charge in [0.25, 0.3) is 0 Å². The van der Waals surface area contributed by atoms with Crippen LogP contribution < -0.4 is 4.72 Å². The van der Waals surface area contributed by atoms with E-state index >= 15 is 0 Å². The van der Waals surface area contributed by atoms with Crippen LogP contribution in [-0.4, -0.2) is 35.7 Å². The highest BCUT2D eigenvalue weighted by molar-refractivity contribution is 7.96.